The van der Waals surface area contributed by atoms with Crippen molar-refractivity contribution in [3.63, 3.8) is 0 Å². The summed E-state index contributed by atoms with van der Waals surface area (Å²) in [6.45, 7) is 0.479. The Hall–Kier alpha value is -1.13. The Bertz CT molecular complexity index is 439. The topological polar surface area (TPSA) is 40.5 Å². The number of nitrogens with zero attached hydrogens (tertiary/aromatic N) is 1. The molecule has 0 saturated carbocycles. The molecule has 0 bridgehead atoms. The lowest BCUT2D eigenvalue weighted by Gasteiger charge is -2.23. The van der Waals surface area contributed by atoms with E-state index in [4.69, 9.17) is 16.7 Å². The van der Waals surface area contributed by atoms with Crippen molar-refractivity contribution in [1.29, 1.82) is 0 Å². The predicted molar refractivity (Wildman–Crippen MR) is 62.6 cm³/mol. The summed E-state index contributed by atoms with van der Waals surface area (Å²) in [5.41, 5.74) is 0.00903. The highest BCUT2D eigenvalue weighted by Gasteiger charge is 2.30. The molecule has 2 rings (SSSR count). The van der Waals surface area contributed by atoms with Crippen LogP contribution in [-0.4, -0.2) is 35.1 Å². The lowest BCUT2D eigenvalue weighted by atomic mass is 10.1. The van der Waals surface area contributed by atoms with E-state index < -0.39 is 5.82 Å². The van der Waals surface area contributed by atoms with Gasteiger partial charge >= 0.3 is 0 Å². The molecule has 1 aliphatic heterocycles. The Morgan fingerprint density at radius 1 is 1.59 bits per heavy atom. The molecular formula is C12H13ClFNO2. The number of amides is 1. The summed E-state index contributed by atoms with van der Waals surface area (Å²) in [5.74, 6) is -0.998. The van der Waals surface area contributed by atoms with Crippen LogP contribution < -0.4 is 0 Å². The third-order valence-electron chi connectivity index (χ3n) is 3.01. The fraction of sp³-hybridized carbons (Fsp3) is 0.417. The molecule has 1 N–H and O–H groups in total. The highest BCUT2D eigenvalue weighted by atomic mass is 35.5. The zero-order valence-corrected chi connectivity index (χ0v) is 9.95. The van der Waals surface area contributed by atoms with E-state index in [0.29, 0.717) is 6.54 Å². The lowest BCUT2D eigenvalue weighted by molar-refractivity contribution is 0.0673. The molecule has 1 saturated heterocycles. The maximum absolute atomic E-state index is 13.6. The second-order valence-electron chi connectivity index (χ2n) is 4.10. The van der Waals surface area contributed by atoms with Gasteiger partial charge in [-0.05, 0) is 31.0 Å². The van der Waals surface area contributed by atoms with Gasteiger partial charge in [-0.1, -0.05) is 11.6 Å². The zero-order valence-electron chi connectivity index (χ0n) is 9.20. The Kier molecular flexibility index (Phi) is 3.64. The van der Waals surface area contributed by atoms with Gasteiger partial charge in [-0.15, -0.1) is 0 Å². The minimum atomic E-state index is -0.619. The molecule has 1 fully saturated rings. The minimum absolute atomic E-state index is 0.00903. The molecular weight excluding hydrogens is 245 g/mol. The standard InChI is InChI=1S/C12H13ClFNO2/c13-8-3-4-10(11(14)6-8)12(17)15-5-1-2-9(15)7-16/h3-4,6,9,16H,1-2,5,7H2/t9-/m0/s1. The van der Waals surface area contributed by atoms with Crippen LogP contribution in [0.1, 0.15) is 23.2 Å². The van der Waals surface area contributed by atoms with Gasteiger partial charge in [0.05, 0.1) is 18.2 Å². The number of carbonyl (C=O) groups is 1. The van der Waals surface area contributed by atoms with Crippen LogP contribution in [0.4, 0.5) is 4.39 Å². The molecule has 5 heteroatoms. The van der Waals surface area contributed by atoms with Crippen molar-refractivity contribution in [2.45, 2.75) is 18.9 Å². The highest BCUT2D eigenvalue weighted by Crippen LogP contribution is 2.22. The van der Waals surface area contributed by atoms with Crippen molar-refractivity contribution in [1.82, 2.24) is 4.90 Å². The van der Waals surface area contributed by atoms with E-state index in [0.717, 1.165) is 18.9 Å². The molecule has 0 unspecified atom stereocenters. The largest absolute Gasteiger partial charge is 0.394 e. The predicted octanol–water partition coefficient (Wildman–Crippen LogP) is 2.08. The van der Waals surface area contributed by atoms with Crippen molar-refractivity contribution in [2.75, 3.05) is 13.2 Å². The fourth-order valence-electron chi connectivity index (χ4n) is 2.11. The van der Waals surface area contributed by atoms with Gasteiger partial charge in [0.25, 0.3) is 5.91 Å². The number of hydrogen-bond acceptors (Lipinski definition) is 2. The van der Waals surface area contributed by atoms with Crippen LogP contribution in [0.2, 0.25) is 5.02 Å². The summed E-state index contributed by atoms with van der Waals surface area (Å²) in [6, 6.07) is 3.80. The quantitative estimate of drug-likeness (QED) is 0.881. The maximum atomic E-state index is 13.6. The van der Waals surface area contributed by atoms with Crippen LogP contribution in [0.5, 0.6) is 0 Å². The van der Waals surface area contributed by atoms with Gasteiger partial charge in [0, 0.05) is 11.6 Å². The van der Waals surface area contributed by atoms with E-state index in [2.05, 4.69) is 0 Å². The van der Waals surface area contributed by atoms with Gasteiger partial charge in [0.1, 0.15) is 5.82 Å². The Balaban J connectivity index is 2.24. The zero-order chi connectivity index (χ0) is 12.4. The van der Waals surface area contributed by atoms with E-state index >= 15 is 0 Å². The number of aliphatic hydroxyl groups is 1. The molecule has 17 heavy (non-hydrogen) atoms. The number of aliphatic hydroxyl groups excluding tert-OH is 1. The summed E-state index contributed by atoms with van der Waals surface area (Å²) in [7, 11) is 0. The first-order valence-corrected chi connectivity index (χ1v) is 5.88. The smallest absolute Gasteiger partial charge is 0.257 e. The van der Waals surface area contributed by atoms with Crippen LogP contribution in [-0.2, 0) is 0 Å². The second kappa shape index (κ2) is 5.02. The van der Waals surface area contributed by atoms with Crippen molar-refractivity contribution >= 4 is 17.5 Å². The summed E-state index contributed by atoms with van der Waals surface area (Å²) in [6.07, 6.45) is 1.60. The highest BCUT2D eigenvalue weighted by molar-refractivity contribution is 6.30. The van der Waals surface area contributed by atoms with Gasteiger partial charge < -0.3 is 10.0 Å². The Morgan fingerprint density at radius 2 is 2.35 bits per heavy atom. The van der Waals surface area contributed by atoms with Gasteiger partial charge in [-0.2, -0.15) is 0 Å². The molecule has 1 amide bonds. The second-order valence-corrected chi connectivity index (χ2v) is 4.54. The van der Waals surface area contributed by atoms with Gasteiger partial charge in [-0.25, -0.2) is 4.39 Å². The third-order valence-corrected chi connectivity index (χ3v) is 3.25. The van der Waals surface area contributed by atoms with E-state index in [-0.39, 0.29) is 29.1 Å². The molecule has 0 aromatic heterocycles. The van der Waals surface area contributed by atoms with Gasteiger partial charge in [0.15, 0.2) is 0 Å². The Morgan fingerprint density at radius 3 is 3.00 bits per heavy atom. The van der Waals surface area contributed by atoms with Crippen LogP contribution in [0.3, 0.4) is 0 Å². The molecule has 1 heterocycles. The molecule has 0 aliphatic carbocycles. The minimum Gasteiger partial charge on any atom is -0.394 e. The summed E-state index contributed by atoms with van der Waals surface area (Å²) < 4.78 is 13.6. The molecule has 1 atom stereocenters. The summed E-state index contributed by atoms with van der Waals surface area (Å²) >= 11 is 5.63. The van der Waals surface area contributed by atoms with E-state index in [1.54, 1.807) is 0 Å². The van der Waals surface area contributed by atoms with Crippen LogP contribution in [0, 0.1) is 5.82 Å². The van der Waals surface area contributed by atoms with Crippen molar-refractivity contribution in [3.8, 4) is 0 Å². The molecule has 1 aromatic rings. The molecule has 0 spiro atoms. The molecule has 92 valence electrons. The molecule has 0 radical (unpaired) electrons. The molecule has 1 aliphatic rings. The monoisotopic (exact) mass is 257 g/mol. The maximum Gasteiger partial charge on any atom is 0.257 e. The lowest BCUT2D eigenvalue weighted by Crippen LogP contribution is -2.38. The number of halogens is 2. The number of rotatable bonds is 2. The van der Waals surface area contributed by atoms with Crippen LogP contribution in [0.15, 0.2) is 18.2 Å². The van der Waals surface area contributed by atoms with Crippen LogP contribution >= 0.6 is 11.6 Å². The SMILES string of the molecule is O=C(c1ccc(Cl)cc1F)N1CCC[C@H]1CO. The fourth-order valence-corrected chi connectivity index (χ4v) is 2.27. The van der Waals surface area contributed by atoms with Gasteiger partial charge in [0.2, 0.25) is 0 Å². The number of carbonyl (C=O) groups excluding carboxylic acids is 1. The molecule has 3 nitrogen and oxygen atoms in total. The summed E-state index contributed by atoms with van der Waals surface area (Å²) in [4.78, 5) is 13.6. The normalized spacial score (nSPS) is 19.7. The first-order valence-electron chi connectivity index (χ1n) is 5.50. The number of benzene rings is 1. The average Bonchev–Trinajstić information content (AvgIpc) is 2.76. The first kappa shape index (κ1) is 12.3. The van der Waals surface area contributed by atoms with Gasteiger partial charge in [-0.3, -0.25) is 4.79 Å². The van der Waals surface area contributed by atoms with E-state index in [1.807, 2.05) is 0 Å². The summed E-state index contributed by atoms with van der Waals surface area (Å²) in [5, 5.41) is 9.40. The Labute approximate surface area is 104 Å². The van der Waals surface area contributed by atoms with Crippen molar-refractivity contribution in [3.05, 3.63) is 34.6 Å². The van der Waals surface area contributed by atoms with Crippen molar-refractivity contribution < 1.29 is 14.3 Å². The van der Waals surface area contributed by atoms with Crippen LogP contribution in [0.25, 0.3) is 0 Å². The number of likely N-dealkylation sites (tertiary alicyclic amines) is 1. The first-order chi connectivity index (χ1) is 8.13. The third kappa shape index (κ3) is 2.42. The average molecular weight is 258 g/mol. The van der Waals surface area contributed by atoms with Crippen molar-refractivity contribution in [2.24, 2.45) is 0 Å². The van der Waals surface area contributed by atoms with E-state index in [1.165, 1.54) is 17.0 Å². The van der Waals surface area contributed by atoms with E-state index in [9.17, 15) is 9.18 Å². The molecule has 1 aromatic carbocycles. The number of hydrogen-bond donors (Lipinski definition) is 1.